The Kier molecular flexibility index (Phi) is 6.02. The molecule has 0 saturated heterocycles. The van der Waals surface area contributed by atoms with Gasteiger partial charge in [0.15, 0.2) is 0 Å². The average molecular weight is 289 g/mol. The van der Waals surface area contributed by atoms with Crippen LogP contribution < -0.4 is 5.32 Å². The van der Waals surface area contributed by atoms with E-state index in [1.165, 1.54) is 12.1 Å². The Hall–Kier alpha value is -1.07. The molecule has 0 amide bonds. The zero-order valence-electron chi connectivity index (χ0n) is 12.0. The maximum Gasteiger partial charge on any atom is 0.416 e. The standard InChI is InChI=1S/C15H22F3NO/c1-10(2)8-11(3)19-9-14(20)12-4-6-13(7-5-12)15(16,17)18/h4-7,10-11,14,19-20H,8-9H2,1-3H3. The Morgan fingerprint density at radius 3 is 2.10 bits per heavy atom. The molecule has 0 aromatic heterocycles. The van der Waals surface area contributed by atoms with E-state index in [0.717, 1.165) is 18.6 Å². The van der Waals surface area contributed by atoms with E-state index in [4.69, 9.17) is 0 Å². The van der Waals surface area contributed by atoms with Gasteiger partial charge in [-0.25, -0.2) is 0 Å². The molecule has 0 radical (unpaired) electrons. The van der Waals surface area contributed by atoms with Crippen molar-refractivity contribution in [3.8, 4) is 0 Å². The molecule has 114 valence electrons. The van der Waals surface area contributed by atoms with Gasteiger partial charge in [0.05, 0.1) is 11.7 Å². The number of nitrogens with one attached hydrogen (secondary N) is 1. The number of benzene rings is 1. The van der Waals surface area contributed by atoms with Gasteiger partial charge in [-0.1, -0.05) is 26.0 Å². The molecule has 1 aromatic rings. The second kappa shape index (κ2) is 7.09. The molecule has 0 aliphatic carbocycles. The molecule has 0 spiro atoms. The van der Waals surface area contributed by atoms with Crippen molar-refractivity contribution in [1.82, 2.24) is 5.32 Å². The van der Waals surface area contributed by atoms with E-state index in [2.05, 4.69) is 19.2 Å². The van der Waals surface area contributed by atoms with Gasteiger partial charge in [-0.15, -0.1) is 0 Å². The minimum Gasteiger partial charge on any atom is -0.387 e. The lowest BCUT2D eigenvalue weighted by atomic mass is 10.0. The predicted octanol–water partition coefficient (Wildman–Crippen LogP) is 3.76. The van der Waals surface area contributed by atoms with Crippen molar-refractivity contribution < 1.29 is 18.3 Å². The molecular weight excluding hydrogens is 267 g/mol. The average Bonchev–Trinajstić information content (AvgIpc) is 2.34. The molecule has 0 aliphatic rings. The van der Waals surface area contributed by atoms with E-state index in [1.807, 2.05) is 6.92 Å². The number of aliphatic hydroxyl groups is 1. The Bertz CT molecular complexity index is 401. The first kappa shape index (κ1) is 17.0. The van der Waals surface area contributed by atoms with Crippen molar-refractivity contribution in [2.75, 3.05) is 6.54 Å². The molecule has 20 heavy (non-hydrogen) atoms. The summed E-state index contributed by atoms with van der Waals surface area (Å²) in [5, 5.41) is 13.1. The van der Waals surface area contributed by atoms with Crippen LogP contribution in [0.3, 0.4) is 0 Å². The summed E-state index contributed by atoms with van der Waals surface area (Å²) in [6.07, 6.45) is -4.15. The van der Waals surface area contributed by atoms with Crippen LogP contribution in [-0.2, 0) is 6.18 Å². The molecule has 1 aromatic carbocycles. The lowest BCUT2D eigenvalue weighted by Crippen LogP contribution is -2.31. The number of rotatable bonds is 6. The first-order valence-corrected chi connectivity index (χ1v) is 6.78. The van der Waals surface area contributed by atoms with Crippen LogP contribution in [0.5, 0.6) is 0 Å². The van der Waals surface area contributed by atoms with Crippen LogP contribution in [0.4, 0.5) is 13.2 Å². The predicted molar refractivity (Wildman–Crippen MR) is 73.3 cm³/mol. The summed E-state index contributed by atoms with van der Waals surface area (Å²) >= 11 is 0. The Labute approximate surface area is 118 Å². The minimum absolute atomic E-state index is 0.263. The zero-order chi connectivity index (χ0) is 15.3. The van der Waals surface area contributed by atoms with Crippen molar-refractivity contribution in [2.24, 2.45) is 5.92 Å². The smallest absolute Gasteiger partial charge is 0.387 e. The summed E-state index contributed by atoms with van der Waals surface area (Å²) in [6.45, 7) is 6.59. The molecular formula is C15H22F3NO. The van der Waals surface area contributed by atoms with Gasteiger partial charge in [0.25, 0.3) is 0 Å². The molecule has 0 heterocycles. The van der Waals surface area contributed by atoms with Gasteiger partial charge in [-0.2, -0.15) is 13.2 Å². The summed E-state index contributed by atoms with van der Waals surface area (Å²) in [5.74, 6) is 0.556. The van der Waals surface area contributed by atoms with Crippen molar-refractivity contribution >= 4 is 0 Å². The first-order chi connectivity index (χ1) is 9.20. The Morgan fingerprint density at radius 2 is 1.65 bits per heavy atom. The lowest BCUT2D eigenvalue weighted by molar-refractivity contribution is -0.137. The van der Waals surface area contributed by atoms with E-state index in [0.29, 0.717) is 18.0 Å². The highest BCUT2D eigenvalue weighted by molar-refractivity contribution is 5.26. The molecule has 1 rings (SSSR count). The number of hydrogen-bond acceptors (Lipinski definition) is 2. The van der Waals surface area contributed by atoms with Crippen LogP contribution in [0.2, 0.25) is 0 Å². The highest BCUT2D eigenvalue weighted by Crippen LogP contribution is 2.29. The quantitative estimate of drug-likeness (QED) is 0.835. The van der Waals surface area contributed by atoms with Crippen LogP contribution in [0.25, 0.3) is 0 Å². The van der Waals surface area contributed by atoms with Gasteiger partial charge < -0.3 is 10.4 Å². The van der Waals surface area contributed by atoms with Crippen LogP contribution in [-0.4, -0.2) is 17.7 Å². The lowest BCUT2D eigenvalue weighted by Gasteiger charge is -2.19. The SMILES string of the molecule is CC(C)CC(C)NCC(O)c1ccc(C(F)(F)F)cc1. The van der Waals surface area contributed by atoms with Gasteiger partial charge in [-0.3, -0.25) is 0 Å². The molecule has 2 nitrogen and oxygen atoms in total. The third-order valence-electron chi connectivity index (χ3n) is 3.11. The fraction of sp³-hybridized carbons (Fsp3) is 0.600. The fourth-order valence-electron chi connectivity index (χ4n) is 2.12. The summed E-state index contributed by atoms with van der Waals surface area (Å²) in [4.78, 5) is 0. The number of alkyl halides is 3. The molecule has 0 saturated carbocycles. The number of halogens is 3. The summed E-state index contributed by atoms with van der Waals surface area (Å²) < 4.78 is 37.3. The van der Waals surface area contributed by atoms with Crippen LogP contribution >= 0.6 is 0 Å². The second-order valence-electron chi connectivity index (χ2n) is 5.57. The molecule has 0 bridgehead atoms. The van der Waals surface area contributed by atoms with E-state index >= 15 is 0 Å². The van der Waals surface area contributed by atoms with Crippen LogP contribution in [0.1, 0.15) is 44.4 Å². The van der Waals surface area contributed by atoms with Gasteiger partial charge in [0.2, 0.25) is 0 Å². The van der Waals surface area contributed by atoms with E-state index in [-0.39, 0.29) is 6.04 Å². The molecule has 2 N–H and O–H groups in total. The third-order valence-corrected chi connectivity index (χ3v) is 3.11. The first-order valence-electron chi connectivity index (χ1n) is 6.78. The highest BCUT2D eigenvalue weighted by atomic mass is 19.4. The van der Waals surface area contributed by atoms with Crippen molar-refractivity contribution in [3.05, 3.63) is 35.4 Å². The maximum absolute atomic E-state index is 12.4. The highest BCUT2D eigenvalue weighted by Gasteiger charge is 2.30. The Morgan fingerprint density at radius 1 is 1.10 bits per heavy atom. The summed E-state index contributed by atoms with van der Waals surface area (Å²) in [7, 11) is 0. The van der Waals surface area contributed by atoms with Gasteiger partial charge in [0.1, 0.15) is 0 Å². The number of hydrogen-bond donors (Lipinski definition) is 2. The van der Waals surface area contributed by atoms with E-state index in [1.54, 1.807) is 0 Å². The van der Waals surface area contributed by atoms with Gasteiger partial charge in [-0.05, 0) is 37.0 Å². The fourth-order valence-corrected chi connectivity index (χ4v) is 2.12. The van der Waals surface area contributed by atoms with Crippen LogP contribution in [0, 0.1) is 5.92 Å². The van der Waals surface area contributed by atoms with Gasteiger partial charge >= 0.3 is 6.18 Å². The van der Waals surface area contributed by atoms with Crippen molar-refractivity contribution in [2.45, 2.75) is 45.5 Å². The molecule has 0 aliphatic heterocycles. The van der Waals surface area contributed by atoms with Gasteiger partial charge in [0, 0.05) is 12.6 Å². The van der Waals surface area contributed by atoms with Crippen molar-refractivity contribution in [3.63, 3.8) is 0 Å². The normalized spacial score (nSPS) is 15.4. The minimum atomic E-state index is -4.34. The second-order valence-corrected chi connectivity index (χ2v) is 5.57. The van der Waals surface area contributed by atoms with Crippen molar-refractivity contribution in [1.29, 1.82) is 0 Å². The molecule has 5 heteroatoms. The van der Waals surface area contributed by atoms with E-state index in [9.17, 15) is 18.3 Å². The number of aliphatic hydroxyl groups excluding tert-OH is 1. The topological polar surface area (TPSA) is 32.3 Å². The zero-order valence-corrected chi connectivity index (χ0v) is 12.0. The van der Waals surface area contributed by atoms with Crippen LogP contribution in [0.15, 0.2) is 24.3 Å². The summed E-state index contributed by atoms with van der Waals surface area (Å²) in [6, 6.07) is 4.90. The maximum atomic E-state index is 12.4. The molecule has 2 atom stereocenters. The molecule has 2 unspecified atom stereocenters. The molecule has 0 fully saturated rings. The third kappa shape index (κ3) is 5.51. The summed E-state index contributed by atoms with van der Waals surface area (Å²) in [5.41, 5.74) is -0.211. The largest absolute Gasteiger partial charge is 0.416 e. The van der Waals surface area contributed by atoms with E-state index < -0.39 is 17.8 Å². The Balaban J connectivity index is 2.54. The monoisotopic (exact) mass is 289 g/mol.